The maximum atomic E-state index is 12.5. The largest absolute Gasteiger partial charge is 0.338 e. The number of aromatic nitrogens is 2. The average Bonchev–Trinajstić information content (AvgIpc) is 3.25. The van der Waals surface area contributed by atoms with Crippen molar-refractivity contribution in [2.45, 2.75) is 19.3 Å². The van der Waals surface area contributed by atoms with Crippen molar-refractivity contribution in [2.75, 3.05) is 13.1 Å². The summed E-state index contributed by atoms with van der Waals surface area (Å²) in [5, 5.41) is 2.09. The highest BCUT2D eigenvalue weighted by Crippen LogP contribution is 2.32. The SMILES string of the molecule is Cc1nc([C@@H]2CCN(C(=O)c3ccccc3)C2)c2sccn12. The maximum Gasteiger partial charge on any atom is 0.253 e. The van der Waals surface area contributed by atoms with E-state index in [1.165, 1.54) is 4.83 Å². The Morgan fingerprint density at radius 2 is 2.14 bits per heavy atom. The van der Waals surface area contributed by atoms with Crippen LogP contribution in [0.2, 0.25) is 0 Å². The average molecular weight is 311 g/mol. The number of nitrogens with zero attached hydrogens (tertiary/aromatic N) is 3. The number of thiazole rings is 1. The molecule has 2 aromatic heterocycles. The van der Waals surface area contributed by atoms with Gasteiger partial charge in [0, 0.05) is 36.1 Å². The van der Waals surface area contributed by atoms with E-state index < -0.39 is 0 Å². The first-order chi connectivity index (χ1) is 10.7. The summed E-state index contributed by atoms with van der Waals surface area (Å²) >= 11 is 1.72. The molecule has 1 amide bonds. The molecule has 112 valence electrons. The fraction of sp³-hybridized carbons (Fsp3) is 0.294. The summed E-state index contributed by atoms with van der Waals surface area (Å²) in [5.41, 5.74) is 1.92. The van der Waals surface area contributed by atoms with E-state index in [9.17, 15) is 4.79 Å². The zero-order valence-corrected chi connectivity index (χ0v) is 13.2. The van der Waals surface area contributed by atoms with E-state index in [-0.39, 0.29) is 5.91 Å². The van der Waals surface area contributed by atoms with E-state index in [1.54, 1.807) is 11.3 Å². The Hall–Kier alpha value is -2.14. The lowest BCUT2D eigenvalue weighted by molar-refractivity contribution is 0.0790. The van der Waals surface area contributed by atoms with Crippen LogP contribution in [0.3, 0.4) is 0 Å². The lowest BCUT2D eigenvalue weighted by atomic mass is 10.1. The quantitative estimate of drug-likeness (QED) is 0.728. The fourth-order valence-corrected chi connectivity index (χ4v) is 4.14. The molecule has 0 bridgehead atoms. The molecule has 1 fully saturated rings. The molecule has 5 heteroatoms. The van der Waals surface area contributed by atoms with Gasteiger partial charge in [-0.25, -0.2) is 4.98 Å². The van der Waals surface area contributed by atoms with E-state index in [2.05, 4.69) is 16.0 Å². The standard InChI is InChI=1S/C17H17N3OS/c1-12-18-15(17-20(12)9-10-22-17)14-7-8-19(11-14)16(21)13-5-3-2-4-6-13/h2-6,9-10,14H,7-8,11H2,1H3/t14-/m1/s1. The molecule has 1 atom stereocenters. The van der Waals surface area contributed by atoms with Crippen molar-refractivity contribution in [3.63, 3.8) is 0 Å². The van der Waals surface area contributed by atoms with Crippen LogP contribution in [-0.2, 0) is 0 Å². The number of carbonyl (C=O) groups is 1. The monoisotopic (exact) mass is 311 g/mol. The van der Waals surface area contributed by atoms with Gasteiger partial charge in [-0.05, 0) is 25.5 Å². The first kappa shape index (κ1) is 13.5. The molecule has 0 aliphatic carbocycles. The molecule has 22 heavy (non-hydrogen) atoms. The second-order valence-electron chi connectivity index (χ2n) is 5.73. The molecular weight excluding hydrogens is 294 g/mol. The summed E-state index contributed by atoms with van der Waals surface area (Å²) in [4.78, 5) is 20.5. The molecule has 1 aliphatic rings. The molecule has 4 rings (SSSR count). The molecule has 3 heterocycles. The number of fused-ring (bicyclic) bond motifs is 1. The van der Waals surface area contributed by atoms with Gasteiger partial charge < -0.3 is 4.90 Å². The van der Waals surface area contributed by atoms with Crippen molar-refractivity contribution in [3.05, 3.63) is 59.0 Å². The Labute approximate surface area is 133 Å². The van der Waals surface area contributed by atoms with Gasteiger partial charge >= 0.3 is 0 Å². The van der Waals surface area contributed by atoms with E-state index in [0.717, 1.165) is 36.6 Å². The number of rotatable bonds is 2. The third-order valence-electron chi connectivity index (χ3n) is 4.34. The van der Waals surface area contributed by atoms with Crippen LogP contribution in [0.1, 0.15) is 34.2 Å². The van der Waals surface area contributed by atoms with E-state index >= 15 is 0 Å². The molecule has 0 saturated carbocycles. The van der Waals surface area contributed by atoms with E-state index in [1.807, 2.05) is 42.2 Å². The normalized spacial score (nSPS) is 18.2. The van der Waals surface area contributed by atoms with E-state index in [0.29, 0.717) is 5.92 Å². The third-order valence-corrected chi connectivity index (χ3v) is 5.23. The van der Waals surface area contributed by atoms with Gasteiger partial charge in [-0.1, -0.05) is 18.2 Å². The molecular formula is C17H17N3OS. The minimum Gasteiger partial charge on any atom is -0.338 e. The van der Waals surface area contributed by atoms with Crippen molar-refractivity contribution in [2.24, 2.45) is 0 Å². The van der Waals surface area contributed by atoms with Gasteiger partial charge in [-0.3, -0.25) is 9.20 Å². The Morgan fingerprint density at radius 3 is 2.95 bits per heavy atom. The number of hydrogen-bond donors (Lipinski definition) is 0. The number of likely N-dealkylation sites (tertiary alicyclic amines) is 1. The molecule has 0 unspecified atom stereocenters. The number of aryl methyl sites for hydroxylation is 1. The molecule has 1 aromatic carbocycles. The zero-order chi connectivity index (χ0) is 15.1. The Balaban J connectivity index is 1.58. The van der Waals surface area contributed by atoms with Crippen molar-refractivity contribution in [3.8, 4) is 0 Å². The predicted molar refractivity (Wildman–Crippen MR) is 87.5 cm³/mol. The summed E-state index contributed by atoms with van der Waals surface area (Å²) in [6, 6.07) is 9.52. The number of imidazole rings is 1. The Morgan fingerprint density at radius 1 is 1.32 bits per heavy atom. The third kappa shape index (κ3) is 2.13. The second-order valence-corrected chi connectivity index (χ2v) is 6.62. The first-order valence-corrected chi connectivity index (χ1v) is 8.38. The summed E-state index contributed by atoms with van der Waals surface area (Å²) in [6.07, 6.45) is 3.05. The fourth-order valence-electron chi connectivity index (χ4n) is 3.19. The van der Waals surface area contributed by atoms with E-state index in [4.69, 9.17) is 4.98 Å². The summed E-state index contributed by atoms with van der Waals surface area (Å²) < 4.78 is 2.14. The lowest BCUT2D eigenvalue weighted by Crippen LogP contribution is -2.28. The zero-order valence-electron chi connectivity index (χ0n) is 12.4. The van der Waals surface area contributed by atoms with Gasteiger partial charge in [0.1, 0.15) is 10.7 Å². The predicted octanol–water partition coefficient (Wildman–Crippen LogP) is 3.33. The molecule has 0 spiro atoms. The van der Waals surface area contributed by atoms with Crippen LogP contribution in [-0.4, -0.2) is 33.3 Å². The number of carbonyl (C=O) groups excluding carboxylic acids is 1. The lowest BCUT2D eigenvalue weighted by Gasteiger charge is -2.16. The maximum absolute atomic E-state index is 12.5. The number of hydrogen-bond acceptors (Lipinski definition) is 3. The van der Waals surface area contributed by atoms with Gasteiger partial charge in [0.2, 0.25) is 0 Å². The van der Waals surface area contributed by atoms with Crippen molar-refractivity contribution in [1.82, 2.24) is 14.3 Å². The van der Waals surface area contributed by atoms with Crippen LogP contribution in [0.5, 0.6) is 0 Å². The van der Waals surface area contributed by atoms with Crippen molar-refractivity contribution < 1.29 is 4.79 Å². The van der Waals surface area contributed by atoms with Crippen LogP contribution < -0.4 is 0 Å². The minimum absolute atomic E-state index is 0.126. The highest BCUT2D eigenvalue weighted by Gasteiger charge is 2.31. The Bertz CT molecular complexity index is 821. The van der Waals surface area contributed by atoms with Gasteiger partial charge in [0.25, 0.3) is 5.91 Å². The molecule has 0 N–H and O–H groups in total. The molecule has 4 nitrogen and oxygen atoms in total. The molecule has 3 aromatic rings. The first-order valence-electron chi connectivity index (χ1n) is 7.50. The molecule has 1 saturated heterocycles. The second kappa shape index (κ2) is 5.25. The van der Waals surface area contributed by atoms with Crippen LogP contribution in [0, 0.1) is 6.92 Å². The Kier molecular flexibility index (Phi) is 3.22. The van der Waals surface area contributed by atoms with Crippen LogP contribution in [0.25, 0.3) is 4.83 Å². The summed E-state index contributed by atoms with van der Waals surface area (Å²) in [7, 11) is 0. The smallest absolute Gasteiger partial charge is 0.253 e. The van der Waals surface area contributed by atoms with Gasteiger partial charge in [-0.2, -0.15) is 0 Å². The number of benzene rings is 1. The summed E-state index contributed by atoms with van der Waals surface area (Å²) in [5.74, 6) is 1.50. The molecule has 1 aliphatic heterocycles. The van der Waals surface area contributed by atoms with Crippen LogP contribution in [0.15, 0.2) is 41.9 Å². The highest BCUT2D eigenvalue weighted by atomic mass is 32.1. The van der Waals surface area contributed by atoms with Crippen LogP contribution in [0.4, 0.5) is 0 Å². The van der Waals surface area contributed by atoms with Crippen LogP contribution >= 0.6 is 11.3 Å². The summed E-state index contributed by atoms with van der Waals surface area (Å²) in [6.45, 7) is 3.60. The topological polar surface area (TPSA) is 37.6 Å². The van der Waals surface area contributed by atoms with Gasteiger partial charge in [0.15, 0.2) is 0 Å². The van der Waals surface area contributed by atoms with Crippen molar-refractivity contribution >= 4 is 22.1 Å². The van der Waals surface area contributed by atoms with Gasteiger partial charge in [-0.15, -0.1) is 11.3 Å². The van der Waals surface area contributed by atoms with Crippen molar-refractivity contribution in [1.29, 1.82) is 0 Å². The van der Waals surface area contributed by atoms with Gasteiger partial charge in [0.05, 0.1) is 5.69 Å². The number of amides is 1. The minimum atomic E-state index is 0.126. The molecule has 0 radical (unpaired) electrons. The highest BCUT2D eigenvalue weighted by molar-refractivity contribution is 7.15.